The number of amides is 1. The molecule has 0 spiro atoms. The number of carbonyl (C=O) groups excluding carboxylic acids is 1. The van der Waals surface area contributed by atoms with Crippen molar-refractivity contribution in [3.63, 3.8) is 0 Å². The number of hydrogen-bond donors (Lipinski definition) is 1. The fraction of sp³-hybridized carbons (Fsp3) is 0.0667. The van der Waals surface area contributed by atoms with E-state index in [-0.39, 0.29) is 5.56 Å². The summed E-state index contributed by atoms with van der Waals surface area (Å²) in [6, 6.07) is 8.76. The maximum absolute atomic E-state index is 12.6. The van der Waals surface area contributed by atoms with Gasteiger partial charge in [-0.05, 0) is 35.9 Å². The number of benzene rings is 2. The molecule has 2 aromatic rings. The van der Waals surface area contributed by atoms with Gasteiger partial charge in [-0.2, -0.15) is 18.3 Å². The van der Waals surface area contributed by atoms with Gasteiger partial charge in [0.25, 0.3) is 5.91 Å². The van der Waals surface area contributed by atoms with Crippen molar-refractivity contribution in [3.8, 4) is 0 Å². The lowest BCUT2D eigenvalue weighted by molar-refractivity contribution is -0.137. The van der Waals surface area contributed by atoms with Crippen LogP contribution in [0.1, 0.15) is 21.5 Å². The predicted molar refractivity (Wildman–Crippen MR) is 83.0 cm³/mol. The van der Waals surface area contributed by atoms with Crippen LogP contribution in [-0.4, -0.2) is 12.1 Å². The van der Waals surface area contributed by atoms with E-state index in [0.717, 1.165) is 18.2 Å². The molecule has 0 radical (unpaired) electrons. The van der Waals surface area contributed by atoms with Gasteiger partial charge in [0.05, 0.1) is 21.8 Å². The van der Waals surface area contributed by atoms with E-state index >= 15 is 0 Å². The Hall–Kier alpha value is -2.05. The standard InChI is InChI=1S/C15H9Cl2F3N2O/c16-12-5-4-9(6-13(12)17)8-21-22-14(23)10-2-1-3-11(7-10)15(18,19)20/h1-8H,(H,22,23)/b21-8-. The highest BCUT2D eigenvalue weighted by atomic mass is 35.5. The van der Waals surface area contributed by atoms with Crippen molar-refractivity contribution < 1.29 is 18.0 Å². The fourth-order valence-corrected chi connectivity index (χ4v) is 1.97. The lowest BCUT2D eigenvalue weighted by Gasteiger charge is -2.07. The molecule has 1 amide bonds. The molecule has 8 heteroatoms. The Kier molecular flexibility index (Phi) is 5.28. The van der Waals surface area contributed by atoms with Crippen LogP contribution in [0.5, 0.6) is 0 Å². The molecule has 0 aromatic heterocycles. The van der Waals surface area contributed by atoms with Crippen molar-refractivity contribution in [2.45, 2.75) is 6.18 Å². The first-order valence-corrected chi connectivity index (χ1v) is 6.98. The van der Waals surface area contributed by atoms with Gasteiger partial charge in [-0.15, -0.1) is 0 Å². The molecule has 0 bridgehead atoms. The highest BCUT2D eigenvalue weighted by Crippen LogP contribution is 2.29. The quantitative estimate of drug-likeness (QED) is 0.621. The smallest absolute Gasteiger partial charge is 0.267 e. The van der Waals surface area contributed by atoms with Crippen LogP contribution in [0.4, 0.5) is 13.2 Å². The molecule has 0 aliphatic rings. The molecule has 0 atom stereocenters. The zero-order valence-electron chi connectivity index (χ0n) is 11.4. The summed E-state index contributed by atoms with van der Waals surface area (Å²) in [5, 5.41) is 4.36. The molecule has 0 unspecified atom stereocenters. The van der Waals surface area contributed by atoms with Crippen LogP contribution in [0.15, 0.2) is 47.6 Å². The first-order chi connectivity index (χ1) is 10.8. The monoisotopic (exact) mass is 360 g/mol. The largest absolute Gasteiger partial charge is 0.416 e. The van der Waals surface area contributed by atoms with Crippen LogP contribution in [0.2, 0.25) is 10.0 Å². The third-order valence-electron chi connectivity index (χ3n) is 2.78. The molecule has 120 valence electrons. The van der Waals surface area contributed by atoms with Crippen molar-refractivity contribution >= 4 is 35.3 Å². The zero-order chi connectivity index (χ0) is 17.0. The predicted octanol–water partition coefficient (Wildman–Crippen LogP) is 4.78. The summed E-state index contributed by atoms with van der Waals surface area (Å²) in [4.78, 5) is 11.8. The Morgan fingerprint density at radius 3 is 2.48 bits per heavy atom. The summed E-state index contributed by atoms with van der Waals surface area (Å²) in [7, 11) is 0. The fourth-order valence-electron chi connectivity index (χ4n) is 1.66. The van der Waals surface area contributed by atoms with Crippen LogP contribution in [-0.2, 0) is 6.18 Å². The van der Waals surface area contributed by atoms with Gasteiger partial charge in [-0.25, -0.2) is 5.43 Å². The van der Waals surface area contributed by atoms with E-state index in [9.17, 15) is 18.0 Å². The Bertz CT molecular complexity index is 761. The van der Waals surface area contributed by atoms with E-state index in [4.69, 9.17) is 23.2 Å². The molecule has 23 heavy (non-hydrogen) atoms. The summed E-state index contributed by atoms with van der Waals surface area (Å²) < 4.78 is 37.8. The van der Waals surface area contributed by atoms with Crippen LogP contribution in [0, 0.1) is 0 Å². The number of hydrogen-bond acceptors (Lipinski definition) is 2. The summed E-state index contributed by atoms with van der Waals surface area (Å²) >= 11 is 11.6. The summed E-state index contributed by atoms with van der Waals surface area (Å²) in [6.45, 7) is 0. The molecular formula is C15H9Cl2F3N2O. The molecule has 0 saturated heterocycles. The van der Waals surface area contributed by atoms with Gasteiger partial charge in [-0.1, -0.05) is 35.3 Å². The molecule has 0 heterocycles. The third-order valence-corrected chi connectivity index (χ3v) is 3.51. The first kappa shape index (κ1) is 17.3. The van der Waals surface area contributed by atoms with Gasteiger partial charge in [0.2, 0.25) is 0 Å². The third kappa shape index (κ3) is 4.71. The number of rotatable bonds is 3. The van der Waals surface area contributed by atoms with Crippen molar-refractivity contribution in [2.75, 3.05) is 0 Å². The minimum atomic E-state index is -4.51. The highest BCUT2D eigenvalue weighted by molar-refractivity contribution is 6.42. The van der Waals surface area contributed by atoms with Gasteiger partial charge in [0.1, 0.15) is 0 Å². The number of hydrazone groups is 1. The number of nitrogens with one attached hydrogen (secondary N) is 1. The maximum Gasteiger partial charge on any atom is 0.416 e. The van der Waals surface area contributed by atoms with E-state index in [2.05, 4.69) is 10.5 Å². The molecule has 2 aromatic carbocycles. The second-order valence-electron chi connectivity index (χ2n) is 4.45. The normalized spacial score (nSPS) is 11.7. The Labute approximate surface area is 139 Å². The second kappa shape index (κ2) is 7.02. The molecule has 0 fully saturated rings. The van der Waals surface area contributed by atoms with Gasteiger partial charge in [-0.3, -0.25) is 4.79 Å². The summed E-state index contributed by atoms with van der Waals surface area (Å²) in [6.07, 6.45) is -3.21. The summed E-state index contributed by atoms with van der Waals surface area (Å²) in [5.74, 6) is -0.757. The first-order valence-electron chi connectivity index (χ1n) is 6.23. The van der Waals surface area contributed by atoms with Crippen LogP contribution < -0.4 is 5.43 Å². The average Bonchev–Trinajstić information content (AvgIpc) is 2.50. The Balaban J connectivity index is 2.07. The van der Waals surface area contributed by atoms with E-state index in [0.29, 0.717) is 15.6 Å². The van der Waals surface area contributed by atoms with E-state index < -0.39 is 17.6 Å². The van der Waals surface area contributed by atoms with Crippen molar-refractivity contribution in [1.29, 1.82) is 0 Å². The molecule has 3 nitrogen and oxygen atoms in total. The lowest BCUT2D eigenvalue weighted by Crippen LogP contribution is -2.18. The Morgan fingerprint density at radius 2 is 1.83 bits per heavy atom. The zero-order valence-corrected chi connectivity index (χ0v) is 12.9. The van der Waals surface area contributed by atoms with E-state index in [1.165, 1.54) is 18.3 Å². The van der Waals surface area contributed by atoms with Gasteiger partial charge < -0.3 is 0 Å². The summed E-state index contributed by atoms with van der Waals surface area (Å²) in [5.41, 5.74) is 1.67. The van der Waals surface area contributed by atoms with Crippen molar-refractivity contribution in [1.82, 2.24) is 5.43 Å². The topological polar surface area (TPSA) is 41.5 Å². The van der Waals surface area contributed by atoms with Gasteiger partial charge >= 0.3 is 6.18 Å². The minimum absolute atomic E-state index is 0.147. The lowest BCUT2D eigenvalue weighted by atomic mass is 10.1. The minimum Gasteiger partial charge on any atom is -0.267 e. The molecule has 2 rings (SSSR count). The second-order valence-corrected chi connectivity index (χ2v) is 5.27. The van der Waals surface area contributed by atoms with E-state index in [1.54, 1.807) is 12.1 Å². The molecular weight excluding hydrogens is 352 g/mol. The Morgan fingerprint density at radius 1 is 1.09 bits per heavy atom. The number of carbonyl (C=O) groups is 1. The number of alkyl halides is 3. The number of halogens is 5. The maximum atomic E-state index is 12.6. The van der Waals surface area contributed by atoms with E-state index in [1.807, 2.05) is 0 Å². The SMILES string of the molecule is O=C(N/N=C\c1ccc(Cl)c(Cl)c1)c1cccc(C(F)(F)F)c1. The molecule has 0 saturated carbocycles. The molecule has 0 aliphatic carbocycles. The number of nitrogens with zero attached hydrogens (tertiary/aromatic N) is 1. The van der Waals surface area contributed by atoms with Gasteiger partial charge in [0.15, 0.2) is 0 Å². The molecule has 1 N–H and O–H groups in total. The average molecular weight is 361 g/mol. The van der Waals surface area contributed by atoms with Crippen molar-refractivity contribution in [3.05, 3.63) is 69.2 Å². The van der Waals surface area contributed by atoms with Crippen LogP contribution >= 0.6 is 23.2 Å². The molecule has 0 aliphatic heterocycles. The van der Waals surface area contributed by atoms with Crippen molar-refractivity contribution in [2.24, 2.45) is 5.10 Å². The van der Waals surface area contributed by atoms with Crippen LogP contribution in [0.3, 0.4) is 0 Å². The van der Waals surface area contributed by atoms with Gasteiger partial charge in [0, 0.05) is 5.56 Å². The van der Waals surface area contributed by atoms with Crippen LogP contribution in [0.25, 0.3) is 0 Å². The highest BCUT2D eigenvalue weighted by Gasteiger charge is 2.30.